The number of phenolic OH excluding ortho intramolecular Hbond substituents is 2. The Balaban J connectivity index is 1.67. The van der Waals surface area contributed by atoms with Gasteiger partial charge in [0.2, 0.25) is 0 Å². The van der Waals surface area contributed by atoms with Crippen LogP contribution in [0.1, 0.15) is 21.6 Å². The highest BCUT2D eigenvalue weighted by atomic mass is 35.5. The van der Waals surface area contributed by atoms with Crippen LogP contribution in [0.25, 0.3) is 11.3 Å². The van der Waals surface area contributed by atoms with E-state index in [1.54, 1.807) is 17.0 Å². The monoisotopic (exact) mass is 386 g/mol. The van der Waals surface area contributed by atoms with Crippen molar-refractivity contribution in [2.24, 2.45) is 0 Å². The van der Waals surface area contributed by atoms with Crippen LogP contribution in [0.15, 0.2) is 35.0 Å². The number of hydrogen-bond acceptors (Lipinski definition) is 7. The first-order valence-electron chi connectivity index (χ1n) is 8.14. The SMILES string of the molecule is Nc1ccc(C(=O)N2CCc3noc(-c4cc(Cl)c(O)cc4O)c3C2)cn1. The van der Waals surface area contributed by atoms with Gasteiger partial charge in [-0.1, -0.05) is 16.8 Å². The van der Waals surface area contributed by atoms with E-state index in [9.17, 15) is 15.0 Å². The Hall–Kier alpha value is -3.26. The summed E-state index contributed by atoms with van der Waals surface area (Å²) in [6.07, 6.45) is 1.95. The number of carbonyl (C=O) groups is 1. The molecule has 9 heteroatoms. The number of fused-ring (bicyclic) bond motifs is 1. The van der Waals surface area contributed by atoms with Crippen molar-refractivity contribution in [3.05, 3.63) is 52.3 Å². The molecule has 3 heterocycles. The molecule has 3 aromatic rings. The van der Waals surface area contributed by atoms with Crippen molar-refractivity contribution in [3.63, 3.8) is 0 Å². The lowest BCUT2D eigenvalue weighted by molar-refractivity contribution is 0.0734. The molecule has 0 aliphatic carbocycles. The van der Waals surface area contributed by atoms with E-state index in [1.807, 2.05) is 0 Å². The van der Waals surface area contributed by atoms with Crippen molar-refractivity contribution < 1.29 is 19.5 Å². The molecule has 27 heavy (non-hydrogen) atoms. The molecular formula is C18H15ClN4O4. The highest BCUT2D eigenvalue weighted by Gasteiger charge is 2.29. The Morgan fingerprint density at radius 1 is 1.26 bits per heavy atom. The number of halogens is 1. The summed E-state index contributed by atoms with van der Waals surface area (Å²) in [5.74, 6) is 0.0417. The summed E-state index contributed by atoms with van der Waals surface area (Å²) in [6, 6.07) is 5.74. The number of aromatic hydroxyl groups is 2. The number of amides is 1. The molecule has 8 nitrogen and oxygen atoms in total. The van der Waals surface area contributed by atoms with Crippen molar-refractivity contribution in [1.29, 1.82) is 0 Å². The third-order valence-electron chi connectivity index (χ3n) is 4.47. The summed E-state index contributed by atoms with van der Waals surface area (Å²) in [5.41, 5.74) is 7.71. The maximum Gasteiger partial charge on any atom is 0.255 e. The van der Waals surface area contributed by atoms with Crippen molar-refractivity contribution in [2.45, 2.75) is 13.0 Å². The molecule has 0 spiro atoms. The molecule has 0 bridgehead atoms. The number of rotatable bonds is 2. The first-order chi connectivity index (χ1) is 12.9. The number of carbonyl (C=O) groups excluding carboxylic acids is 1. The largest absolute Gasteiger partial charge is 0.507 e. The van der Waals surface area contributed by atoms with Gasteiger partial charge in [0.15, 0.2) is 5.76 Å². The fourth-order valence-electron chi connectivity index (χ4n) is 3.04. The molecule has 1 aliphatic rings. The minimum Gasteiger partial charge on any atom is -0.507 e. The Morgan fingerprint density at radius 3 is 2.81 bits per heavy atom. The third kappa shape index (κ3) is 3.04. The molecule has 1 aromatic carbocycles. The number of benzene rings is 1. The van der Waals surface area contributed by atoms with Gasteiger partial charge in [0.1, 0.15) is 17.3 Å². The van der Waals surface area contributed by atoms with Crippen LogP contribution in [0.5, 0.6) is 11.5 Å². The second-order valence-electron chi connectivity index (χ2n) is 6.21. The summed E-state index contributed by atoms with van der Waals surface area (Å²) >= 11 is 5.95. The van der Waals surface area contributed by atoms with E-state index in [4.69, 9.17) is 21.9 Å². The Morgan fingerprint density at radius 2 is 2.07 bits per heavy atom. The highest BCUT2D eigenvalue weighted by Crippen LogP contribution is 2.40. The molecule has 4 rings (SSSR count). The van der Waals surface area contributed by atoms with Gasteiger partial charge >= 0.3 is 0 Å². The van der Waals surface area contributed by atoms with Crippen molar-refractivity contribution in [3.8, 4) is 22.8 Å². The number of nitrogens with zero attached hydrogens (tertiary/aromatic N) is 3. The quantitative estimate of drug-likeness (QED) is 0.617. The Labute approximate surface area is 158 Å². The van der Waals surface area contributed by atoms with Crippen LogP contribution in [0.4, 0.5) is 5.82 Å². The number of phenols is 2. The Kier molecular flexibility index (Phi) is 4.12. The van der Waals surface area contributed by atoms with Crippen LogP contribution in [-0.4, -0.2) is 37.7 Å². The molecule has 0 atom stereocenters. The Bertz CT molecular complexity index is 1030. The first-order valence-corrected chi connectivity index (χ1v) is 8.52. The smallest absolute Gasteiger partial charge is 0.255 e. The van der Waals surface area contributed by atoms with Crippen LogP contribution >= 0.6 is 11.6 Å². The lowest BCUT2D eigenvalue weighted by Gasteiger charge is -2.26. The number of nitrogens with two attached hydrogens (primary N) is 1. The maximum absolute atomic E-state index is 12.7. The molecule has 0 radical (unpaired) electrons. The van der Waals surface area contributed by atoms with Crippen LogP contribution in [0.2, 0.25) is 5.02 Å². The van der Waals surface area contributed by atoms with Crippen LogP contribution < -0.4 is 5.73 Å². The second kappa shape index (κ2) is 6.48. The summed E-state index contributed by atoms with van der Waals surface area (Å²) < 4.78 is 5.41. The van der Waals surface area contributed by atoms with Crippen molar-refractivity contribution in [2.75, 3.05) is 12.3 Å². The van der Waals surface area contributed by atoms with Gasteiger partial charge in [-0.05, 0) is 18.2 Å². The summed E-state index contributed by atoms with van der Waals surface area (Å²) in [7, 11) is 0. The first kappa shape index (κ1) is 17.2. The van der Waals surface area contributed by atoms with Crippen molar-refractivity contribution in [1.82, 2.24) is 15.0 Å². The van der Waals surface area contributed by atoms with Gasteiger partial charge < -0.3 is 25.4 Å². The van der Waals surface area contributed by atoms with E-state index in [0.717, 1.165) is 6.07 Å². The minimum absolute atomic E-state index is 0.0737. The summed E-state index contributed by atoms with van der Waals surface area (Å²) in [6.45, 7) is 0.736. The highest BCUT2D eigenvalue weighted by molar-refractivity contribution is 6.32. The predicted octanol–water partition coefficient (Wildman–Crippen LogP) is 2.58. The van der Waals surface area contributed by atoms with Gasteiger partial charge in [0, 0.05) is 30.8 Å². The standard InChI is InChI=1S/C18H15ClN4O4/c19-12-5-10(14(24)6-15(12)25)17-11-8-23(4-3-13(11)22-27-17)18(26)9-1-2-16(20)21-7-9/h1-2,5-7,24-25H,3-4,8H2,(H2,20,21). The number of hydrogen-bond donors (Lipinski definition) is 3. The van der Waals surface area contributed by atoms with E-state index < -0.39 is 0 Å². The molecule has 0 fully saturated rings. The zero-order valence-corrected chi connectivity index (χ0v) is 14.8. The van der Waals surface area contributed by atoms with Crippen LogP contribution in [0, 0.1) is 0 Å². The van der Waals surface area contributed by atoms with Crippen molar-refractivity contribution >= 4 is 23.3 Å². The second-order valence-corrected chi connectivity index (χ2v) is 6.61. The lowest BCUT2D eigenvalue weighted by Crippen LogP contribution is -2.36. The molecule has 4 N–H and O–H groups in total. The average molecular weight is 387 g/mol. The molecule has 0 unspecified atom stereocenters. The number of anilines is 1. The zero-order valence-electron chi connectivity index (χ0n) is 14.0. The predicted molar refractivity (Wildman–Crippen MR) is 97.4 cm³/mol. The van der Waals surface area contributed by atoms with E-state index in [1.165, 1.54) is 12.3 Å². The fraction of sp³-hybridized carbons (Fsp3) is 0.167. The summed E-state index contributed by atoms with van der Waals surface area (Å²) in [5, 5.41) is 23.9. The van der Waals surface area contributed by atoms with Gasteiger partial charge in [-0.3, -0.25) is 4.79 Å². The number of pyridine rings is 1. The van der Waals surface area contributed by atoms with Gasteiger partial charge in [0.05, 0.1) is 28.4 Å². The number of nitrogen functional groups attached to an aromatic ring is 1. The van der Waals surface area contributed by atoms with Gasteiger partial charge in [0.25, 0.3) is 5.91 Å². The lowest BCUT2D eigenvalue weighted by atomic mass is 10.0. The third-order valence-corrected chi connectivity index (χ3v) is 4.77. The maximum atomic E-state index is 12.7. The van der Waals surface area contributed by atoms with Gasteiger partial charge in [-0.2, -0.15) is 0 Å². The van der Waals surface area contributed by atoms with E-state index in [2.05, 4.69) is 10.1 Å². The van der Waals surface area contributed by atoms with Crippen LogP contribution in [-0.2, 0) is 13.0 Å². The minimum atomic E-state index is -0.237. The van der Waals surface area contributed by atoms with E-state index in [-0.39, 0.29) is 29.0 Å². The van der Waals surface area contributed by atoms with Gasteiger partial charge in [-0.25, -0.2) is 4.98 Å². The zero-order chi connectivity index (χ0) is 19.1. The molecule has 138 valence electrons. The fourth-order valence-corrected chi connectivity index (χ4v) is 3.21. The molecule has 1 aliphatic heterocycles. The molecule has 1 amide bonds. The van der Waals surface area contributed by atoms with Gasteiger partial charge in [-0.15, -0.1) is 0 Å². The normalized spacial score (nSPS) is 13.4. The van der Waals surface area contributed by atoms with Crippen LogP contribution in [0.3, 0.4) is 0 Å². The van der Waals surface area contributed by atoms with E-state index in [0.29, 0.717) is 46.9 Å². The molecular weight excluding hydrogens is 372 g/mol. The molecule has 0 saturated carbocycles. The summed E-state index contributed by atoms with van der Waals surface area (Å²) in [4.78, 5) is 18.3. The topological polar surface area (TPSA) is 126 Å². The van der Waals surface area contributed by atoms with E-state index >= 15 is 0 Å². The number of aromatic nitrogens is 2. The molecule has 2 aromatic heterocycles. The molecule has 0 saturated heterocycles. The average Bonchev–Trinajstić information content (AvgIpc) is 3.07.